The van der Waals surface area contributed by atoms with Gasteiger partial charge in [-0.1, -0.05) is 67.4 Å². The Morgan fingerprint density at radius 1 is 0.750 bits per heavy atom. The maximum absolute atomic E-state index is 6.70. The van der Waals surface area contributed by atoms with Gasteiger partial charge in [-0.15, -0.1) is 12.4 Å². The highest BCUT2D eigenvalue weighted by Gasteiger charge is 2.25. The largest absolute Gasteiger partial charge is 0.324 e. The number of hydrogen-bond acceptors (Lipinski definition) is 1. The number of halogens is 1. The minimum absolute atomic E-state index is 0. The maximum atomic E-state index is 6.70. The van der Waals surface area contributed by atoms with E-state index in [1.165, 1.54) is 63.6 Å². The molecule has 2 N–H and O–H groups in total. The van der Waals surface area contributed by atoms with E-state index in [2.05, 4.69) is 54.6 Å². The lowest BCUT2D eigenvalue weighted by Gasteiger charge is -2.22. The molecule has 2 heteroatoms. The zero-order chi connectivity index (χ0) is 15.4. The SMILES string of the molecule is Cl.N[C@H](c1ccc2ccc3cccc4ccc1c2c34)C1CCCC1. The Balaban J connectivity index is 0.00000146. The van der Waals surface area contributed by atoms with Crippen molar-refractivity contribution in [2.45, 2.75) is 31.7 Å². The van der Waals surface area contributed by atoms with E-state index in [9.17, 15) is 0 Å². The van der Waals surface area contributed by atoms with Crippen LogP contribution >= 0.6 is 12.4 Å². The molecule has 1 fully saturated rings. The summed E-state index contributed by atoms with van der Waals surface area (Å²) >= 11 is 0. The molecule has 0 aliphatic heterocycles. The van der Waals surface area contributed by atoms with Crippen molar-refractivity contribution in [3.05, 3.63) is 60.2 Å². The Bertz CT molecular complexity index is 985. The average molecular weight is 336 g/mol. The molecule has 5 rings (SSSR count). The Morgan fingerprint density at radius 3 is 2.04 bits per heavy atom. The number of nitrogens with two attached hydrogens (primary N) is 1. The van der Waals surface area contributed by atoms with Crippen LogP contribution in [0.15, 0.2) is 54.6 Å². The smallest absolute Gasteiger partial charge is 0.0329 e. The van der Waals surface area contributed by atoms with Gasteiger partial charge in [0.2, 0.25) is 0 Å². The fraction of sp³-hybridized carbons (Fsp3) is 0.273. The quantitative estimate of drug-likeness (QED) is 0.434. The lowest BCUT2D eigenvalue weighted by atomic mass is 9.86. The van der Waals surface area contributed by atoms with Crippen LogP contribution in [0.4, 0.5) is 0 Å². The minimum atomic E-state index is 0. The second-order valence-corrected chi connectivity index (χ2v) is 7.08. The van der Waals surface area contributed by atoms with Crippen molar-refractivity contribution in [1.29, 1.82) is 0 Å². The molecule has 0 radical (unpaired) electrons. The first-order chi connectivity index (χ1) is 11.3. The summed E-state index contributed by atoms with van der Waals surface area (Å²) in [6.07, 6.45) is 5.24. The van der Waals surface area contributed by atoms with Crippen LogP contribution in [0.2, 0.25) is 0 Å². The second-order valence-electron chi connectivity index (χ2n) is 7.08. The van der Waals surface area contributed by atoms with Gasteiger partial charge < -0.3 is 5.73 Å². The van der Waals surface area contributed by atoms with Crippen LogP contribution in [0.3, 0.4) is 0 Å². The van der Waals surface area contributed by atoms with Crippen LogP contribution < -0.4 is 5.73 Å². The standard InChI is InChI=1S/C22H21N.ClH/c23-22(17-4-1-2-5-17)19-13-11-16-9-8-14-6-3-7-15-10-12-18(19)21(16)20(14)15;/h3,6-13,17,22H,1-2,4-5,23H2;1H/t22-;/m0./s1. The molecule has 1 atom stereocenters. The minimum Gasteiger partial charge on any atom is -0.324 e. The molecule has 4 aromatic carbocycles. The van der Waals surface area contributed by atoms with E-state index in [4.69, 9.17) is 5.73 Å². The van der Waals surface area contributed by atoms with Crippen LogP contribution in [0.1, 0.15) is 37.3 Å². The van der Waals surface area contributed by atoms with Gasteiger partial charge >= 0.3 is 0 Å². The van der Waals surface area contributed by atoms with Crippen LogP contribution in [0.5, 0.6) is 0 Å². The molecule has 24 heavy (non-hydrogen) atoms. The Kier molecular flexibility index (Phi) is 3.86. The van der Waals surface area contributed by atoms with Crippen molar-refractivity contribution in [3.63, 3.8) is 0 Å². The van der Waals surface area contributed by atoms with Crippen LogP contribution in [0, 0.1) is 5.92 Å². The van der Waals surface area contributed by atoms with E-state index in [1.807, 2.05) is 0 Å². The predicted octanol–water partition coefficient (Wildman–Crippen LogP) is 6.20. The summed E-state index contributed by atoms with van der Waals surface area (Å²) in [5.41, 5.74) is 8.03. The van der Waals surface area contributed by atoms with Gasteiger partial charge in [0.25, 0.3) is 0 Å². The first-order valence-electron chi connectivity index (χ1n) is 8.75. The number of hydrogen-bond donors (Lipinski definition) is 1. The summed E-state index contributed by atoms with van der Waals surface area (Å²) in [6.45, 7) is 0. The summed E-state index contributed by atoms with van der Waals surface area (Å²) in [6, 6.07) is 20.3. The van der Waals surface area contributed by atoms with Gasteiger partial charge in [0.15, 0.2) is 0 Å². The lowest BCUT2D eigenvalue weighted by Crippen LogP contribution is -2.19. The summed E-state index contributed by atoms with van der Waals surface area (Å²) in [5, 5.41) is 8.12. The first kappa shape index (κ1) is 15.7. The summed E-state index contributed by atoms with van der Waals surface area (Å²) in [7, 11) is 0. The topological polar surface area (TPSA) is 26.0 Å². The van der Waals surface area contributed by atoms with E-state index in [1.54, 1.807) is 0 Å². The highest BCUT2D eigenvalue weighted by molar-refractivity contribution is 6.23. The molecule has 0 aromatic heterocycles. The van der Waals surface area contributed by atoms with Gasteiger partial charge in [0.05, 0.1) is 0 Å². The summed E-state index contributed by atoms with van der Waals surface area (Å²) in [4.78, 5) is 0. The third-order valence-corrected chi connectivity index (χ3v) is 5.83. The monoisotopic (exact) mass is 335 g/mol. The Labute approximate surface area is 148 Å². The van der Waals surface area contributed by atoms with Gasteiger partial charge in [-0.2, -0.15) is 0 Å². The van der Waals surface area contributed by atoms with Gasteiger partial charge in [-0.05, 0) is 56.6 Å². The number of rotatable bonds is 2. The molecule has 0 spiro atoms. The highest BCUT2D eigenvalue weighted by atomic mass is 35.5. The number of benzene rings is 4. The van der Waals surface area contributed by atoms with Crippen LogP contribution in [0.25, 0.3) is 32.3 Å². The van der Waals surface area contributed by atoms with Crippen LogP contribution in [-0.4, -0.2) is 0 Å². The van der Waals surface area contributed by atoms with Crippen LogP contribution in [-0.2, 0) is 0 Å². The molecular weight excluding hydrogens is 314 g/mol. The third kappa shape index (κ3) is 2.19. The van der Waals surface area contributed by atoms with E-state index < -0.39 is 0 Å². The van der Waals surface area contributed by atoms with Gasteiger partial charge in [0.1, 0.15) is 0 Å². The molecule has 4 aromatic rings. The molecule has 122 valence electrons. The maximum Gasteiger partial charge on any atom is 0.0329 e. The normalized spacial score (nSPS) is 16.9. The van der Waals surface area contributed by atoms with Gasteiger partial charge in [-0.3, -0.25) is 0 Å². The average Bonchev–Trinajstić information content (AvgIpc) is 3.13. The summed E-state index contributed by atoms with van der Waals surface area (Å²) < 4.78 is 0. The summed E-state index contributed by atoms with van der Waals surface area (Å²) in [5.74, 6) is 0.647. The third-order valence-electron chi connectivity index (χ3n) is 5.83. The predicted molar refractivity (Wildman–Crippen MR) is 106 cm³/mol. The van der Waals surface area contributed by atoms with Gasteiger partial charge in [-0.25, -0.2) is 0 Å². The second kappa shape index (κ2) is 5.91. The van der Waals surface area contributed by atoms with Crippen molar-refractivity contribution in [1.82, 2.24) is 0 Å². The van der Waals surface area contributed by atoms with Crippen molar-refractivity contribution in [3.8, 4) is 0 Å². The fourth-order valence-corrected chi connectivity index (χ4v) is 4.62. The molecular formula is C22H22ClN. The Morgan fingerprint density at radius 2 is 1.33 bits per heavy atom. The molecule has 0 amide bonds. The van der Waals surface area contributed by atoms with Crippen molar-refractivity contribution < 1.29 is 0 Å². The van der Waals surface area contributed by atoms with Crippen molar-refractivity contribution in [2.24, 2.45) is 11.7 Å². The zero-order valence-corrected chi connectivity index (χ0v) is 14.5. The molecule has 1 nitrogen and oxygen atoms in total. The highest BCUT2D eigenvalue weighted by Crippen LogP contribution is 2.41. The van der Waals surface area contributed by atoms with E-state index >= 15 is 0 Å². The van der Waals surface area contributed by atoms with Crippen molar-refractivity contribution in [2.75, 3.05) is 0 Å². The molecule has 1 aliphatic carbocycles. The molecule has 1 aliphatic rings. The first-order valence-corrected chi connectivity index (χ1v) is 8.75. The Hall–Kier alpha value is -1.83. The van der Waals surface area contributed by atoms with E-state index in [0.29, 0.717) is 5.92 Å². The molecule has 1 saturated carbocycles. The fourth-order valence-electron chi connectivity index (χ4n) is 4.62. The van der Waals surface area contributed by atoms with Crippen molar-refractivity contribution >= 4 is 44.7 Å². The molecule has 0 unspecified atom stereocenters. The lowest BCUT2D eigenvalue weighted by molar-refractivity contribution is 0.447. The molecule has 0 heterocycles. The van der Waals surface area contributed by atoms with E-state index in [0.717, 1.165) is 0 Å². The van der Waals surface area contributed by atoms with Gasteiger partial charge in [0, 0.05) is 6.04 Å². The molecule has 0 bridgehead atoms. The molecule has 0 saturated heterocycles. The van der Waals surface area contributed by atoms with E-state index in [-0.39, 0.29) is 18.4 Å². The zero-order valence-electron chi connectivity index (χ0n) is 13.7.